The van der Waals surface area contributed by atoms with E-state index in [-0.39, 0.29) is 23.0 Å². The standard InChI is InChI=1S/C20H20ClFN4OS/c1-12(14-6-10-17(22)11-7-14)23-19(27)13(2)28-20-25-24-18(26(20)3)15-4-8-16(21)9-5-15/h4-13H,1-3H3,(H,23,27)/t12-,13+/m1/s1. The van der Waals surface area contributed by atoms with E-state index in [2.05, 4.69) is 15.5 Å². The van der Waals surface area contributed by atoms with Gasteiger partial charge in [-0.2, -0.15) is 0 Å². The van der Waals surface area contributed by atoms with Gasteiger partial charge >= 0.3 is 0 Å². The summed E-state index contributed by atoms with van der Waals surface area (Å²) < 4.78 is 14.9. The second-order valence-electron chi connectivity index (χ2n) is 6.41. The number of nitrogens with one attached hydrogen (secondary N) is 1. The zero-order chi connectivity index (χ0) is 20.3. The topological polar surface area (TPSA) is 59.8 Å². The van der Waals surface area contributed by atoms with E-state index in [0.717, 1.165) is 11.1 Å². The smallest absolute Gasteiger partial charge is 0.233 e. The summed E-state index contributed by atoms with van der Waals surface area (Å²) >= 11 is 7.26. The molecule has 2 aromatic carbocycles. The van der Waals surface area contributed by atoms with Crippen molar-refractivity contribution in [3.63, 3.8) is 0 Å². The van der Waals surface area contributed by atoms with E-state index in [1.54, 1.807) is 24.3 Å². The van der Waals surface area contributed by atoms with Gasteiger partial charge in [0, 0.05) is 17.6 Å². The first-order valence-corrected chi connectivity index (χ1v) is 9.98. The van der Waals surface area contributed by atoms with Crippen LogP contribution in [-0.2, 0) is 11.8 Å². The summed E-state index contributed by atoms with van der Waals surface area (Å²) in [5, 5.41) is 12.3. The summed E-state index contributed by atoms with van der Waals surface area (Å²) in [6.07, 6.45) is 0. The molecule has 1 N–H and O–H groups in total. The summed E-state index contributed by atoms with van der Waals surface area (Å²) in [7, 11) is 1.86. The second-order valence-corrected chi connectivity index (χ2v) is 8.16. The van der Waals surface area contributed by atoms with E-state index in [0.29, 0.717) is 16.0 Å². The van der Waals surface area contributed by atoms with Crippen LogP contribution in [0.25, 0.3) is 11.4 Å². The van der Waals surface area contributed by atoms with Crippen LogP contribution in [0.4, 0.5) is 4.39 Å². The van der Waals surface area contributed by atoms with Gasteiger partial charge in [-0.3, -0.25) is 4.79 Å². The van der Waals surface area contributed by atoms with Gasteiger partial charge < -0.3 is 9.88 Å². The van der Waals surface area contributed by atoms with E-state index < -0.39 is 0 Å². The number of benzene rings is 2. The predicted molar refractivity (Wildman–Crippen MR) is 110 cm³/mol. The van der Waals surface area contributed by atoms with Gasteiger partial charge in [-0.15, -0.1) is 10.2 Å². The Hall–Kier alpha value is -2.38. The third-order valence-corrected chi connectivity index (χ3v) is 5.70. The number of hydrogen-bond acceptors (Lipinski definition) is 4. The molecule has 0 aliphatic heterocycles. The molecular weight excluding hydrogens is 399 g/mol. The number of carbonyl (C=O) groups is 1. The van der Waals surface area contributed by atoms with Crippen LogP contribution in [0.3, 0.4) is 0 Å². The molecule has 2 atom stereocenters. The largest absolute Gasteiger partial charge is 0.349 e. The molecule has 0 saturated carbocycles. The normalized spacial score (nSPS) is 13.2. The van der Waals surface area contributed by atoms with Crippen LogP contribution in [0.1, 0.15) is 25.5 Å². The van der Waals surface area contributed by atoms with Crippen molar-refractivity contribution in [1.82, 2.24) is 20.1 Å². The van der Waals surface area contributed by atoms with Crippen LogP contribution < -0.4 is 5.32 Å². The first-order chi connectivity index (χ1) is 13.3. The molecular formula is C20H20ClFN4OS. The number of hydrogen-bond donors (Lipinski definition) is 1. The lowest BCUT2D eigenvalue weighted by Gasteiger charge is -2.17. The zero-order valence-electron chi connectivity index (χ0n) is 15.7. The summed E-state index contributed by atoms with van der Waals surface area (Å²) in [4.78, 5) is 12.5. The predicted octanol–water partition coefficient (Wildman–Crippen LogP) is 4.63. The minimum atomic E-state index is -0.371. The van der Waals surface area contributed by atoms with E-state index in [4.69, 9.17) is 11.6 Å². The van der Waals surface area contributed by atoms with Gasteiger partial charge in [0.25, 0.3) is 0 Å². The summed E-state index contributed by atoms with van der Waals surface area (Å²) in [6, 6.07) is 13.2. The van der Waals surface area contributed by atoms with Crippen molar-refractivity contribution < 1.29 is 9.18 Å². The van der Waals surface area contributed by atoms with E-state index in [1.807, 2.05) is 37.6 Å². The Morgan fingerprint density at radius 2 is 1.75 bits per heavy atom. The van der Waals surface area contributed by atoms with Crippen LogP contribution >= 0.6 is 23.4 Å². The lowest BCUT2D eigenvalue weighted by Crippen LogP contribution is -2.33. The van der Waals surface area contributed by atoms with Crippen LogP contribution in [0, 0.1) is 5.82 Å². The molecule has 1 heterocycles. The van der Waals surface area contributed by atoms with Crippen molar-refractivity contribution in [2.45, 2.75) is 30.3 Å². The molecule has 28 heavy (non-hydrogen) atoms. The highest BCUT2D eigenvalue weighted by molar-refractivity contribution is 8.00. The molecule has 1 amide bonds. The van der Waals surface area contributed by atoms with Crippen molar-refractivity contribution in [2.24, 2.45) is 7.05 Å². The Kier molecular flexibility index (Phi) is 6.36. The van der Waals surface area contributed by atoms with E-state index in [9.17, 15) is 9.18 Å². The second kappa shape index (κ2) is 8.75. The molecule has 8 heteroatoms. The van der Waals surface area contributed by atoms with E-state index in [1.165, 1.54) is 23.9 Å². The van der Waals surface area contributed by atoms with Crippen molar-refractivity contribution in [3.8, 4) is 11.4 Å². The van der Waals surface area contributed by atoms with Crippen molar-refractivity contribution in [1.29, 1.82) is 0 Å². The monoisotopic (exact) mass is 418 g/mol. The fourth-order valence-corrected chi connectivity index (χ4v) is 3.59. The molecule has 146 valence electrons. The third kappa shape index (κ3) is 4.72. The summed E-state index contributed by atoms with van der Waals surface area (Å²) in [6.45, 7) is 3.68. The Balaban J connectivity index is 1.65. The van der Waals surface area contributed by atoms with Crippen LogP contribution in [0.15, 0.2) is 53.7 Å². The number of aromatic nitrogens is 3. The third-order valence-electron chi connectivity index (χ3n) is 4.32. The van der Waals surface area contributed by atoms with Gasteiger partial charge in [-0.1, -0.05) is 35.5 Å². The number of halogens is 2. The SMILES string of the molecule is C[C@H](Sc1nnc(-c2ccc(Cl)cc2)n1C)C(=O)N[C@H](C)c1ccc(F)cc1. The Labute approximate surface area is 172 Å². The molecule has 0 fully saturated rings. The van der Waals surface area contributed by atoms with Crippen LogP contribution in [0.2, 0.25) is 5.02 Å². The average molecular weight is 419 g/mol. The molecule has 0 aliphatic rings. The van der Waals surface area contributed by atoms with Gasteiger partial charge in [0.05, 0.1) is 11.3 Å². The zero-order valence-corrected chi connectivity index (χ0v) is 17.3. The van der Waals surface area contributed by atoms with E-state index >= 15 is 0 Å². The lowest BCUT2D eigenvalue weighted by atomic mass is 10.1. The first kappa shape index (κ1) is 20.4. The molecule has 0 unspecified atom stereocenters. The lowest BCUT2D eigenvalue weighted by molar-refractivity contribution is -0.120. The van der Waals surface area contributed by atoms with Crippen molar-refractivity contribution in [3.05, 3.63) is 64.9 Å². The molecule has 0 spiro atoms. The first-order valence-electron chi connectivity index (χ1n) is 8.73. The minimum absolute atomic E-state index is 0.127. The fraction of sp³-hybridized carbons (Fsp3) is 0.250. The van der Waals surface area contributed by atoms with Crippen molar-refractivity contribution >= 4 is 29.3 Å². The molecule has 0 bridgehead atoms. The minimum Gasteiger partial charge on any atom is -0.349 e. The molecule has 3 rings (SSSR count). The number of carbonyl (C=O) groups excluding carboxylic acids is 1. The highest BCUT2D eigenvalue weighted by Crippen LogP contribution is 2.27. The van der Waals surface area contributed by atoms with Gasteiger partial charge in [-0.05, 0) is 55.8 Å². The summed E-state index contributed by atoms with van der Waals surface area (Å²) in [5.41, 5.74) is 1.74. The number of rotatable bonds is 6. The summed E-state index contributed by atoms with van der Waals surface area (Å²) in [5.74, 6) is 0.272. The molecule has 0 radical (unpaired) electrons. The van der Waals surface area contributed by atoms with Gasteiger partial charge in [-0.25, -0.2) is 4.39 Å². The maximum absolute atomic E-state index is 13.1. The molecule has 0 saturated heterocycles. The van der Waals surface area contributed by atoms with Crippen molar-refractivity contribution in [2.75, 3.05) is 0 Å². The van der Waals surface area contributed by atoms with Crippen LogP contribution in [0.5, 0.6) is 0 Å². The fourth-order valence-electron chi connectivity index (χ4n) is 2.65. The maximum Gasteiger partial charge on any atom is 0.233 e. The molecule has 0 aliphatic carbocycles. The Bertz CT molecular complexity index is 959. The molecule has 5 nitrogen and oxygen atoms in total. The Morgan fingerprint density at radius 3 is 2.39 bits per heavy atom. The number of thioether (sulfide) groups is 1. The highest BCUT2D eigenvalue weighted by Gasteiger charge is 2.21. The number of nitrogens with zero attached hydrogens (tertiary/aromatic N) is 3. The van der Waals surface area contributed by atoms with Gasteiger partial charge in [0.15, 0.2) is 11.0 Å². The Morgan fingerprint density at radius 1 is 1.11 bits per heavy atom. The highest BCUT2D eigenvalue weighted by atomic mass is 35.5. The number of amides is 1. The van der Waals surface area contributed by atoms with Gasteiger partial charge in [0.2, 0.25) is 5.91 Å². The maximum atomic E-state index is 13.1. The van der Waals surface area contributed by atoms with Gasteiger partial charge in [0.1, 0.15) is 5.82 Å². The van der Waals surface area contributed by atoms with Crippen LogP contribution in [-0.4, -0.2) is 25.9 Å². The average Bonchev–Trinajstić information content (AvgIpc) is 3.03. The molecule has 3 aromatic rings. The quantitative estimate of drug-likeness (QED) is 0.593. The molecule has 1 aromatic heterocycles.